The molecule has 0 radical (unpaired) electrons. The summed E-state index contributed by atoms with van der Waals surface area (Å²) >= 11 is 0. The summed E-state index contributed by atoms with van der Waals surface area (Å²) in [6.07, 6.45) is 1.53. The molecule has 0 unspecified atom stereocenters. The van der Waals surface area contributed by atoms with Gasteiger partial charge in [0.1, 0.15) is 0 Å². The summed E-state index contributed by atoms with van der Waals surface area (Å²) in [7, 11) is 0. The number of hydrogen-bond acceptors (Lipinski definition) is 6. The molecule has 0 N–H and O–H groups in total. The Bertz CT molecular complexity index is 880. The van der Waals surface area contributed by atoms with E-state index in [1.54, 1.807) is 0 Å². The molecule has 0 aliphatic carbocycles. The molecule has 3 aromatic rings. The van der Waals surface area contributed by atoms with Gasteiger partial charge in [0.05, 0.1) is 24.1 Å². The molecule has 4 rings (SSSR count). The van der Waals surface area contributed by atoms with E-state index in [0.29, 0.717) is 25.3 Å². The fraction of sp³-hybridized carbons (Fsp3) is 0.333. The molecular weight excluding hydrogens is 332 g/mol. The summed E-state index contributed by atoms with van der Waals surface area (Å²) in [5.74, 6) is 0.774. The first-order valence-electron chi connectivity index (χ1n) is 8.60. The van der Waals surface area contributed by atoms with Crippen LogP contribution in [0.4, 0.5) is 0 Å². The first kappa shape index (κ1) is 16.5. The van der Waals surface area contributed by atoms with Crippen molar-refractivity contribution in [2.45, 2.75) is 13.5 Å². The van der Waals surface area contributed by atoms with Crippen molar-refractivity contribution in [3.63, 3.8) is 0 Å². The lowest BCUT2D eigenvalue weighted by molar-refractivity contribution is 0.0611. The van der Waals surface area contributed by atoms with Gasteiger partial charge in [-0.2, -0.15) is 9.90 Å². The van der Waals surface area contributed by atoms with Gasteiger partial charge in [0, 0.05) is 32.2 Å². The predicted molar refractivity (Wildman–Crippen MR) is 93.8 cm³/mol. The number of piperazine rings is 1. The summed E-state index contributed by atoms with van der Waals surface area (Å²) in [5.41, 5.74) is 2.09. The van der Waals surface area contributed by atoms with E-state index in [0.717, 1.165) is 30.2 Å². The van der Waals surface area contributed by atoms with E-state index >= 15 is 0 Å². The van der Waals surface area contributed by atoms with E-state index in [1.165, 1.54) is 11.0 Å². The molecule has 26 heavy (non-hydrogen) atoms. The van der Waals surface area contributed by atoms with Crippen molar-refractivity contribution in [2.24, 2.45) is 0 Å². The maximum absolute atomic E-state index is 12.7. The summed E-state index contributed by atoms with van der Waals surface area (Å²) in [6, 6.07) is 11.5. The van der Waals surface area contributed by atoms with Crippen LogP contribution in [-0.2, 0) is 6.54 Å². The standard InChI is InChI=1S/C18H20N6O2/c1-14-11-16(26-21-14)13-22-7-9-23(10-8-22)18(25)17-12-19-24(20-17)15-5-3-2-4-6-15/h2-6,11-12H,7-10,13H2,1H3. The lowest BCUT2D eigenvalue weighted by Crippen LogP contribution is -2.48. The number of rotatable bonds is 4. The minimum absolute atomic E-state index is 0.0812. The Kier molecular flexibility index (Phi) is 4.49. The Labute approximate surface area is 151 Å². The highest BCUT2D eigenvalue weighted by molar-refractivity contribution is 5.92. The molecule has 1 fully saturated rings. The topological polar surface area (TPSA) is 80.3 Å². The summed E-state index contributed by atoms with van der Waals surface area (Å²) in [5, 5.41) is 12.4. The van der Waals surface area contributed by atoms with Gasteiger partial charge < -0.3 is 9.42 Å². The van der Waals surface area contributed by atoms with Crippen molar-refractivity contribution in [1.82, 2.24) is 30.0 Å². The van der Waals surface area contributed by atoms with Crippen LogP contribution in [-0.4, -0.2) is 62.0 Å². The third-order valence-electron chi connectivity index (χ3n) is 4.41. The van der Waals surface area contributed by atoms with Crippen molar-refractivity contribution in [2.75, 3.05) is 26.2 Å². The van der Waals surface area contributed by atoms with Gasteiger partial charge in [-0.3, -0.25) is 9.69 Å². The van der Waals surface area contributed by atoms with Crippen LogP contribution >= 0.6 is 0 Å². The molecule has 0 bridgehead atoms. The molecule has 3 heterocycles. The molecule has 0 atom stereocenters. The third-order valence-corrected chi connectivity index (χ3v) is 4.41. The second kappa shape index (κ2) is 7.09. The summed E-state index contributed by atoms with van der Waals surface area (Å²) in [4.78, 5) is 18.2. The minimum atomic E-state index is -0.0812. The normalized spacial score (nSPS) is 15.3. The zero-order valence-corrected chi connectivity index (χ0v) is 14.6. The van der Waals surface area contributed by atoms with Crippen molar-refractivity contribution in [1.29, 1.82) is 0 Å². The minimum Gasteiger partial charge on any atom is -0.360 e. The monoisotopic (exact) mass is 352 g/mol. The number of carbonyl (C=O) groups excluding carboxylic acids is 1. The lowest BCUT2D eigenvalue weighted by Gasteiger charge is -2.33. The molecule has 0 spiro atoms. The van der Waals surface area contributed by atoms with Gasteiger partial charge in [-0.15, -0.1) is 5.10 Å². The first-order chi connectivity index (χ1) is 12.7. The molecule has 1 amide bonds. The highest BCUT2D eigenvalue weighted by atomic mass is 16.5. The van der Waals surface area contributed by atoms with Crippen LogP contribution in [0.5, 0.6) is 0 Å². The van der Waals surface area contributed by atoms with E-state index in [9.17, 15) is 4.79 Å². The Hall–Kier alpha value is -3.00. The maximum atomic E-state index is 12.7. The molecular formula is C18H20N6O2. The van der Waals surface area contributed by atoms with E-state index in [4.69, 9.17) is 4.52 Å². The summed E-state index contributed by atoms with van der Waals surface area (Å²) < 4.78 is 5.26. The van der Waals surface area contributed by atoms with Crippen molar-refractivity contribution in [3.8, 4) is 5.69 Å². The molecule has 1 aromatic carbocycles. The van der Waals surface area contributed by atoms with E-state index < -0.39 is 0 Å². The van der Waals surface area contributed by atoms with E-state index in [-0.39, 0.29) is 5.91 Å². The maximum Gasteiger partial charge on any atom is 0.276 e. The quantitative estimate of drug-likeness (QED) is 0.708. The molecule has 1 aliphatic heterocycles. The van der Waals surface area contributed by atoms with Crippen LogP contribution < -0.4 is 0 Å². The van der Waals surface area contributed by atoms with Gasteiger partial charge in [0.15, 0.2) is 11.5 Å². The number of carbonyl (C=O) groups is 1. The smallest absolute Gasteiger partial charge is 0.276 e. The molecule has 8 nitrogen and oxygen atoms in total. The fourth-order valence-corrected chi connectivity index (χ4v) is 3.03. The van der Waals surface area contributed by atoms with Crippen LogP contribution in [0.1, 0.15) is 21.9 Å². The lowest BCUT2D eigenvalue weighted by atomic mass is 10.2. The van der Waals surface area contributed by atoms with Gasteiger partial charge in [0.25, 0.3) is 5.91 Å². The van der Waals surface area contributed by atoms with Crippen LogP contribution in [0.2, 0.25) is 0 Å². The van der Waals surface area contributed by atoms with Crippen molar-refractivity contribution < 1.29 is 9.32 Å². The second-order valence-electron chi connectivity index (χ2n) is 6.36. The van der Waals surface area contributed by atoms with Crippen LogP contribution in [0, 0.1) is 6.92 Å². The summed E-state index contributed by atoms with van der Waals surface area (Å²) in [6.45, 7) is 5.52. The number of hydrogen-bond donors (Lipinski definition) is 0. The molecule has 134 valence electrons. The zero-order chi connectivity index (χ0) is 17.9. The Morgan fingerprint density at radius 1 is 1.15 bits per heavy atom. The van der Waals surface area contributed by atoms with E-state index in [1.807, 2.05) is 48.2 Å². The number of nitrogens with zero attached hydrogens (tertiary/aromatic N) is 6. The number of benzene rings is 1. The van der Waals surface area contributed by atoms with Crippen molar-refractivity contribution >= 4 is 5.91 Å². The van der Waals surface area contributed by atoms with Gasteiger partial charge >= 0.3 is 0 Å². The van der Waals surface area contributed by atoms with Gasteiger partial charge in [-0.05, 0) is 19.1 Å². The van der Waals surface area contributed by atoms with Crippen LogP contribution in [0.15, 0.2) is 47.1 Å². The van der Waals surface area contributed by atoms with Crippen molar-refractivity contribution in [3.05, 3.63) is 59.7 Å². The molecule has 2 aromatic heterocycles. The number of para-hydroxylation sites is 1. The van der Waals surface area contributed by atoms with Crippen LogP contribution in [0.3, 0.4) is 0 Å². The average Bonchev–Trinajstić information content (AvgIpc) is 3.32. The molecule has 0 saturated carbocycles. The van der Waals surface area contributed by atoms with Gasteiger partial charge in [0.2, 0.25) is 0 Å². The Balaban J connectivity index is 1.36. The highest BCUT2D eigenvalue weighted by Crippen LogP contribution is 2.12. The van der Waals surface area contributed by atoms with E-state index in [2.05, 4.69) is 20.3 Å². The van der Waals surface area contributed by atoms with Crippen LogP contribution in [0.25, 0.3) is 5.69 Å². The number of aromatic nitrogens is 4. The van der Waals surface area contributed by atoms with Gasteiger partial charge in [-0.25, -0.2) is 0 Å². The third kappa shape index (κ3) is 3.50. The number of aryl methyl sites for hydroxylation is 1. The zero-order valence-electron chi connectivity index (χ0n) is 14.6. The molecule has 1 saturated heterocycles. The number of amides is 1. The Morgan fingerprint density at radius 2 is 1.92 bits per heavy atom. The largest absolute Gasteiger partial charge is 0.360 e. The SMILES string of the molecule is Cc1cc(CN2CCN(C(=O)c3cnn(-c4ccccc4)n3)CC2)on1. The van der Waals surface area contributed by atoms with Gasteiger partial charge in [-0.1, -0.05) is 23.4 Å². The molecule has 8 heteroatoms. The Morgan fingerprint density at radius 3 is 2.62 bits per heavy atom. The highest BCUT2D eigenvalue weighted by Gasteiger charge is 2.24. The predicted octanol–water partition coefficient (Wildman–Crippen LogP) is 1.52. The fourth-order valence-electron chi connectivity index (χ4n) is 3.03. The average molecular weight is 352 g/mol. The first-order valence-corrected chi connectivity index (χ1v) is 8.60. The molecule has 1 aliphatic rings. The second-order valence-corrected chi connectivity index (χ2v) is 6.36.